The van der Waals surface area contributed by atoms with Crippen LogP contribution >= 0.6 is 0 Å². The fraction of sp³-hybridized carbons (Fsp3) is 0.818. The fourth-order valence-electron chi connectivity index (χ4n) is 1.02. The quantitative estimate of drug-likeness (QED) is 0.656. The molecule has 0 heterocycles. The van der Waals surface area contributed by atoms with Crippen LogP contribution in [0.15, 0.2) is 0 Å². The highest BCUT2D eigenvalue weighted by Gasteiger charge is 2.35. The standard InChI is InChI=1S/C11H20O3/c1-10(2,3)8(12)7-11(4,5)9(13)14-6/h7H2,1-6H3. The van der Waals surface area contributed by atoms with Crippen LogP contribution in [-0.4, -0.2) is 18.9 Å². The number of ether oxygens (including phenoxy) is 1. The third-order valence-corrected chi connectivity index (χ3v) is 2.18. The third-order valence-electron chi connectivity index (χ3n) is 2.18. The summed E-state index contributed by atoms with van der Waals surface area (Å²) in [5.41, 5.74) is -1.12. The number of esters is 1. The van der Waals surface area contributed by atoms with Gasteiger partial charge in [0.15, 0.2) is 0 Å². The molecule has 0 atom stereocenters. The zero-order valence-electron chi connectivity index (χ0n) is 9.93. The third kappa shape index (κ3) is 3.48. The maximum Gasteiger partial charge on any atom is 0.311 e. The predicted octanol–water partition coefficient (Wildman–Crippen LogP) is 2.19. The molecule has 0 spiro atoms. The highest BCUT2D eigenvalue weighted by atomic mass is 16.5. The van der Waals surface area contributed by atoms with E-state index < -0.39 is 10.8 Å². The first-order valence-electron chi connectivity index (χ1n) is 4.73. The normalized spacial score (nSPS) is 12.4. The molecule has 3 nitrogen and oxygen atoms in total. The van der Waals surface area contributed by atoms with Gasteiger partial charge in [0, 0.05) is 11.8 Å². The summed E-state index contributed by atoms with van der Waals surface area (Å²) < 4.78 is 4.64. The number of carbonyl (C=O) groups is 2. The van der Waals surface area contributed by atoms with Crippen LogP contribution in [0.3, 0.4) is 0 Å². The van der Waals surface area contributed by atoms with Gasteiger partial charge in [-0.25, -0.2) is 0 Å². The molecule has 0 aromatic heterocycles. The zero-order chi connectivity index (χ0) is 11.6. The van der Waals surface area contributed by atoms with Crippen LogP contribution in [0.1, 0.15) is 41.0 Å². The lowest BCUT2D eigenvalue weighted by molar-refractivity contribution is -0.153. The largest absolute Gasteiger partial charge is 0.469 e. The molecule has 0 aromatic carbocycles. The van der Waals surface area contributed by atoms with E-state index in [1.807, 2.05) is 20.8 Å². The molecule has 0 bridgehead atoms. The number of hydrogen-bond donors (Lipinski definition) is 0. The van der Waals surface area contributed by atoms with E-state index in [0.29, 0.717) is 0 Å². The average molecular weight is 200 g/mol. The number of Topliss-reactive ketones (excluding diaryl/α,β-unsaturated/α-hetero) is 1. The van der Waals surface area contributed by atoms with Gasteiger partial charge in [-0.3, -0.25) is 9.59 Å². The van der Waals surface area contributed by atoms with Gasteiger partial charge in [-0.05, 0) is 13.8 Å². The van der Waals surface area contributed by atoms with E-state index in [9.17, 15) is 9.59 Å². The van der Waals surface area contributed by atoms with Crippen molar-refractivity contribution in [3.8, 4) is 0 Å². The number of rotatable bonds is 3. The van der Waals surface area contributed by atoms with Gasteiger partial charge in [-0.15, -0.1) is 0 Å². The molecule has 14 heavy (non-hydrogen) atoms. The van der Waals surface area contributed by atoms with Crippen molar-refractivity contribution in [1.29, 1.82) is 0 Å². The molecule has 0 aliphatic carbocycles. The summed E-state index contributed by atoms with van der Waals surface area (Å²) in [4.78, 5) is 23.0. The van der Waals surface area contributed by atoms with Crippen molar-refractivity contribution in [2.24, 2.45) is 10.8 Å². The van der Waals surface area contributed by atoms with Crippen molar-refractivity contribution >= 4 is 11.8 Å². The molecule has 0 amide bonds. The Kier molecular flexibility index (Phi) is 3.86. The summed E-state index contributed by atoms with van der Waals surface area (Å²) >= 11 is 0. The SMILES string of the molecule is COC(=O)C(C)(C)CC(=O)C(C)(C)C. The molecular formula is C11H20O3. The van der Waals surface area contributed by atoms with Gasteiger partial charge < -0.3 is 4.74 Å². The first kappa shape index (κ1) is 13.1. The van der Waals surface area contributed by atoms with Gasteiger partial charge in [0.1, 0.15) is 5.78 Å². The smallest absolute Gasteiger partial charge is 0.311 e. The van der Waals surface area contributed by atoms with Crippen LogP contribution in [-0.2, 0) is 14.3 Å². The summed E-state index contributed by atoms with van der Waals surface area (Å²) in [5, 5.41) is 0. The Bertz CT molecular complexity index is 233. The Morgan fingerprint density at radius 2 is 1.50 bits per heavy atom. The van der Waals surface area contributed by atoms with E-state index in [1.54, 1.807) is 13.8 Å². The molecule has 0 saturated carbocycles. The lowest BCUT2D eigenvalue weighted by Crippen LogP contribution is -2.33. The number of carbonyl (C=O) groups excluding carboxylic acids is 2. The monoisotopic (exact) mass is 200 g/mol. The van der Waals surface area contributed by atoms with Crippen LogP contribution in [0.2, 0.25) is 0 Å². The van der Waals surface area contributed by atoms with E-state index in [-0.39, 0.29) is 18.2 Å². The average Bonchev–Trinajstić information content (AvgIpc) is 2.00. The molecule has 0 aliphatic rings. The number of methoxy groups -OCH3 is 1. The van der Waals surface area contributed by atoms with Crippen LogP contribution in [0.25, 0.3) is 0 Å². The van der Waals surface area contributed by atoms with Gasteiger partial charge in [0.25, 0.3) is 0 Å². The molecule has 3 heteroatoms. The summed E-state index contributed by atoms with van der Waals surface area (Å²) in [7, 11) is 1.34. The molecule has 0 N–H and O–H groups in total. The van der Waals surface area contributed by atoms with Crippen molar-refractivity contribution in [3.63, 3.8) is 0 Å². The second-order valence-electron chi connectivity index (χ2n) is 5.23. The van der Waals surface area contributed by atoms with Gasteiger partial charge in [-0.2, -0.15) is 0 Å². The van der Waals surface area contributed by atoms with Crippen LogP contribution in [0, 0.1) is 10.8 Å². The Labute approximate surface area is 85.8 Å². The van der Waals surface area contributed by atoms with Crippen LogP contribution in [0.4, 0.5) is 0 Å². The molecule has 0 aliphatic heterocycles. The summed E-state index contributed by atoms with van der Waals surface area (Å²) in [6.45, 7) is 9.00. The lowest BCUT2D eigenvalue weighted by atomic mass is 9.79. The number of ketones is 1. The maximum atomic E-state index is 11.7. The number of hydrogen-bond acceptors (Lipinski definition) is 3. The Morgan fingerprint density at radius 3 is 1.79 bits per heavy atom. The molecule has 0 rings (SSSR count). The minimum Gasteiger partial charge on any atom is -0.469 e. The summed E-state index contributed by atoms with van der Waals surface area (Å²) in [6, 6.07) is 0. The minimum atomic E-state index is -0.723. The van der Waals surface area contributed by atoms with Crippen molar-refractivity contribution in [3.05, 3.63) is 0 Å². The first-order chi connectivity index (χ1) is 6.11. The zero-order valence-corrected chi connectivity index (χ0v) is 9.93. The summed E-state index contributed by atoms with van der Waals surface area (Å²) in [5.74, 6) is -0.261. The Morgan fingerprint density at radius 1 is 1.07 bits per heavy atom. The van der Waals surface area contributed by atoms with E-state index >= 15 is 0 Å². The molecular weight excluding hydrogens is 180 g/mol. The molecule has 0 unspecified atom stereocenters. The van der Waals surface area contributed by atoms with Crippen LogP contribution in [0.5, 0.6) is 0 Å². The highest BCUT2D eigenvalue weighted by Crippen LogP contribution is 2.28. The van der Waals surface area contributed by atoms with Crippen molar-refractivity contribution in [1.82, 2.24) is 0 Å². The molecule has 82 valence electrons. The molecule has 0 fully saturated rings. The fourth-order valence-corrected chi connectivity index (χ4v) is 1.02. The lowest BCUT2D eigenvalue weighted by Gasteiger charge is -2.25. The van der Waals surface area contributed by atoms with Crippen LogP contribution < -0.4 is 0 Å². The summed E-state index contributed by atoms with van der Waals surface area (Å²) in [6.07, 6.45) is 0.225. The maximum absolute atomic E-state index is 11.7. The second kappa shape index (κ2) is 4.11. The van der Waals surface area contributed by atoms with Gasteiger partial charge in [0.05, 0.1) is 12.5 Å². The second-order valence-corrected chi connectivity index (χ2v) is 5.23. The Balaban J connectivity index is 4.53. The van der Waals surface area contributed by atoms with Gasteiger partial charge in [-0.1, -0.05) is 20.8 Å². The van der Waals surface area contributed by atoms with E-state index in [2.05, 4.69) is 4.74 Å². The van der Waals surface area contributed by atoms with Crippen molar-refractivity contribution in [2.75, 3.05) is 7.11 Å². The van der Waals surface area contributed by atoms with Crippen molar-refractivity contribution in [2.45, 2.75) is 41.0 Å². The van der Waals surface area contributed by atoms with E-state index in [1.165, 1.54) is 7.11 Å². The first-order valence-corrected chi connectivity index (χ1v) is 4.73. The predicted molar refractivity (Wildman–Crippen MR) is 54.9 cm³/mol. The Hall–Kier alpha value is -0.860. The van der Waals surface area contributed by atoms with E-state index in [0.717, 1.165) is 0 Å². The molecule has 0 aromatic rings. The van der Waals surface area contributed by atoms with E-state index in [4.69, 9.17) is 0 Å². The highest BCUT2D eigenvalue weighted by molar-refractivity contribution is 5.89. The molecule has 0 saturated heterocycles. The topological polar surface area (TPSA) is 43.4 Å². The van der Waals surface area contributed by atoms with Gasteiger partial charge >= 0.3 is 5.97 Å². The molecule has 0 radical (unpaired) electrons. The minimum absolute atomic E-state index is 0.0768. The van der Waals surface area contributed by atoms with Gasteiger partial charge in [0.2, 0.25) is 0 Å². The van der Waals surface area contributed by atoms with Crippen molar-refractivity contribution < 1.29 is 14.3 Å².